The van der Waals surface area contributed by atoms with Crippen LogP contribution in [0.4, 0.5) is 4.39 Å². The summed E-state index contributed by atoms with van der Waals surface area (Å²) in [6.45, 7) is 2.20. The number of nitrogens with zero attached hydrogens (tertiary/aromatic N) is 4. The molecule has 0 radical (unpaired) electrons. The van der Waals surface area contributed by atoms with Gasteiger partial charge >= 0.3 is 0 Å². The second-order valence-electron chi connectivity index (χ2n) is 8.69. The molecule has 0 N–H and O–H groups in total. The van der Waals surface area contributed by atoms with Crippen LogP contribution in [0.3, 0.4) is 0 Å². The van der Waals surface area contributed by atoms with Crippen LogP contribution in [-0.4, -0.2) is 41.3 Å². The minimum Gasteiger partial charge on any atom is -0.339 e. The zero-order chi connectivity index (χ0) is 21.9. The average Bonchev–Trinajstić information content (AvgIpc) is 3.20. The summed E-state index contributed by atoms with van der Waals surface area (Å²) in [5, 5.41) is 4.90. The maximum atomic E-state index is 15.1. The number of carbonyl (C=O) groups is 1. The number of hydrogen-bond acceptors (Lipinski definition) is 3. The fraction of sp³-hybridized carbons (Fsp3) is 0.174. The van der Waals surface area contributed by atoms with E-state index >= 15 is 4.39 Å². The zero-order valence-corrected chi connectivity index (χ0v) is 18.0. The summed E-state index contributed by atoms with van der Waals surface area (Å²) >= 11 is 0. The van der Waals surface area contributed by atoms with Crippen molar-refractivity contribution < 1.29 is 9.18 Å². The summed E-state index contributed by atoms with van der Waals surface area (Å²) in [5.74, 6) is -0.441. The number of pyridine rings is 1. The van der Waals surface area contributed by atoms with Crippen LogP contribution in [0.25, 0.3) is 22.0 Å². The lowest BCUT2D eigenvalue weighted by Crippen LogP contribution is -2.44. The lowest BCUT2D eigenvalue weighted by Gasteiger charge is -2.32. The molecule has 1 aliphatic heterocycles. The Labute approximate surface area is 181 Å². The van der Waals surface area contributed by atoms with Crippen molar-refractivity contribution in [1.82, 2.24) is 19.7 Å². The molecule has 0 saturated heterocycles. The van der Waals surface area contributed by atoms with E-state index in [1.807, 2.05) is 54.1 Å². The van der Waals surface area contributed by atoms with E-state index in [0.29, 0.717) is 11.1 Å². The van der Waals surface area contributed by atoms with Gasteiger partial charge in [0.2, 0.25) is 0 Å². The molecule has 3 heterocycles. The third-order valence-electron chi connectivity index (χ3n) is 6.17. The fourth-order valence-corrected chi connectivity index (χ4v) is 4.48. The normalized spacial score (nSPS) is 14.9. The Balaban J connectivity index is 1.48. The topological polar surface area (TPSA) is 51.0 Å². The summed E-state index contributed by atoms with van der Waals surface area (Å²) in [4.78, 5) is 19.0. The van der Waals surface area contributed by atoms with Crippen LogP contribution in [0.15, 0.2) is 54.9 Å². The average molecular weight is 410 g/mol. The van der Waals surface area contributed by atoms with Gasteiger partial charge in [0, 0.05) is 42.3 Å². The Morgan fingerprint density at radius 1 is 1.13 bits per heavy atom. The van der Waals surface area contributed by atoms with Crippen molar-refractivity contribution in [2.75, 3.05) is 0 Å². The molecule has 152 valence electrons. The standard InChI is InChI=1S/C23H21B2FN4O/c1-13-8-16(9-17-11-29(2)28-20(13)17)14-5-6-15(19(26)10-14)12-30-22(31)18-4-3-7-27-21(18)23(30,24)25/h3-11H,12,24-25H2,1-2H3. The first-order chi connectivity index (χ1) is 14.8. The van der Waals surface area contributed by atoms with E-state index < -0.39 is 5.34 Å². The van der Waals surface area contributed by atoms with Crippen LogP contribution in [0.2, 0.25) is 0 Å². The van der Waals surface area contributed by atoms with Crippen LogP contribution in [0, 0.1) is 12.7 Å². The molecular weight excluding hydrogens is 389 g/mol. The Kier molecular flexibility index (Phi) is 4.29. The lowest BCUT2D eigenvalue weighted by molar-refractivity contribution is 0.0729. The predicted molar refractivity (Wildman–Crippen MR) is 124 cm³/mol. The summed E-state index contributed by atoms with van der Waals surface area (Å²) in [7, 11) is 5.78. The summed E-state index contributed by atoms with van der Waals surface area (Å²) in [6, 6.07) is 12.8. The minimum atomic E-state index is -0.596. The molecule has 0 bridgehead atoms. The Hall–Kier alpha value is -3.41. The predicted octanol–water partition coefficient (Wildman–Crippen LogP) is 2.12. The van der Waals surface area contributed by atoms with E-state index in [-0.39, 0.29) is 18.3 Å². The number of halogens is 1. The van der Waals surface area contributed by atoms with E-state index in [9.17, 15) is 4.79 Å². The number of hydrogen-bond donors (Lipinski definition) is 0. The largest absolute Gasteiger partial charge is 0.339 e. The van der Waals surface area contributed by atoms with Crippen molar-refractivity contribution in [3.8, 4) is 11.1 Å². The first kappa shape index (κ1) is 19.5. The fourth-order valence-electron chi connectivity index (χ4n) is 4.48. The highest BCUT2D eigenvalue weighted by atomic mass is 19.1. The van der Waals surface area contributed by atoms with Gasteiger partial charge in [0.05, 0.1) is 16.8 Å². The molecule has 1 amide bonds. The number of fused-ring (bicyclic) bond motifs is 2. The summed E-state index contributed by atoms with van der Waals surface area (Å²) < 4.78 is 16.9. The second-order valence-corrected chi connectivity index (χ2v) is 8.69. The zero-order valence-electron chi connectivity index (χ0n) is 18.0. The Morgan fingerprint density at radius 3 is 2.68 bits per heavy atom. The Morgan fingerprint density at radius 2 is 1.94 bits per heavy atom. The van der Waals surface area contributed by atoms with E-state index in [4.69, 9.17) is 0 Å². The molecule has 5 rings (SSSR count). The molecule has 0 aliphatic carbocycles. The smallest absolute Gasteiger partial charge is 0.255 e. The maximum Gasteiger partial charge on any atom is 0.255 e. The third kappa shape index (κ3) is 3.05. The van der Waals surface area contributed by atoms with E-state index in [1.165, 1.54) is 0 Å². The maximum absolute atomic E-state index is 15.1. The second kappa shape index (κ2) is 6.80. The lowest BCUT2D eigenvalue weighted by atomic mass is 9.59. The monoisotopic (exact) mass is 410 g/mol. The van der Waals surface area contributed by atoms with Crippen molar-refractivity contribution in [2.24, 2.45) is 7.05 Å². The van der Waals surface area contributed by atoms with Gasteiger partial charge in [-0.15, -0.1) is 0 Å². The molecular formula is C23H21B2FN4O. The van der Waals surface area contributed by atoms with Gasteiger partial charge < -0.3 is 4.90 Å². The van der Waals surface area contributed by atoms with Gasteiger partial charge in [-0.3, -0.25) is 14.5 Å². The first-order valence-electron chi connectivity index (χ1n) is 10.3. The van der Waals surface area contributed by atoms with Crippen molar-refractivity contribution in [2.45, 2.75) is 18.8 Å². The van der Waals surface area contributed by atoms with Gasteiger partial charge in [0.15, 0.2) is 0 Å². The molecule has 0 unspecified atom stereocenters. The molecule has 0 atom stereocenters. The molecule has 2 aromatic heterocycles. The van der Waals surface area contributed by atoms with E-state index in [0.717, 1.165) is 33.3 Å². The van der Waals surface area contributed by atoms with Crippen molar-refractivity contribution in [1.29, 1.82) is 0 Å². The molecule has 5 nitrogen and oxygen atoms in total. The third-order valence-corrected chi connectivity index (χ3v) is 6.17. The van der Waals surface area contributed by atoms with Crippen molar-refractivity contribution in [3.05, 3.63) is 83.1 Å². The first-order valence-corrected chi connectivity index (χ1v) is 10.3. The number of aryl methyl sites for hydroxylation is 2. The molecule has 4 aromatic rings. The molecule has 2 aromatic carbocycles. The van der Waals surface area contributed by atoms with Gasteiger partial charge in [-0.1, -0.05) is 12.1 Å². The van der Waals surface area contributed by atoms with E-state index in [1.54, 1.807) is 40.0 Å². The molecule has 0 saturated carbocycles. The number of carbonyl (C=O) groups excluding carboxylic acids is 1. The van der Waals surface area contributed by atoms with Crippen LogP contribution < -0.4 is 0 Å². The molecule has 0 spiro atoms. The Bertz CT molecular complexity index is 1370. The highest BCUT2D eigenvalue weighted by Crippen LogP contribution is 2.35. The highest BCUT2D eigenvalue weighted by Gasteiger charge is 2.43. The van der Waals surface area contributed by atoms with Crippen molar-refractivity contribution in [3.63, 3.8) is 0 Å². The van der Waals surface area contributed by atoms with Crippen molar-refractivity contribution >= 4 is 32.5 Å². The quantitative estimate of drug-likeness (QED) is 0.487. The molecule has 0 fully saturated rings. The molecule has 8 heteroatoms. The SMILES string of the molecule is BC1(B)c2ncccc2C(=O)N1Cc1ccc(-c2cc(C)c3nn(C)cc3c2)cc1F. The van der Waals surface area contributed by atoms with Gasteiger partial charge in [-0.2, -0.15) is 5.10 Å². The summed E-state index contributed by atoms with van der Waals surface area (Å²) in [5.41, 5.74) is 5.54. The van der Waals surface area contributed by atoms with Gasteiger partial charge in [0.25, 0.3) is 5.91 Å². The van der Waals surface area contributed by atoms with Gasteiger partial charge in [-0.05, 0) is 53.9 Å². The highest BCUT2D eigenvalue weighted by molar-refractivity contribution is 6.42. The van der Waals surface area contributed by atoms with Crippen LogP contribution in [-0.2, 0) is 18.9 Å². The van der Waals surface area contributed by atoms with Crippen LogP contribution in [0.5, 0.6) is 0 Å². The number of amides is 1. The van der Waals surface area contributed by atoms with Crippen LogP contribution in [0.1, 0.15) is 27.2 Å². The number of aromatic nitrogens is 3. The minimum absolute atomic E-state index is 0.116. The van der Waals surface area contributed by atoms with Crippen LogP contribution >= 0.6 is 0 Å². The summed E-state index contributed by atoms with van der Waals surface area (Å²) in [6.07, 6.45) is 3.65. The molecule has 31 heavy (non-hydrogen) atoms. The number of rotatable bonds is 3. The van der Waals surface area contributed by atoms with E-state index in [2.05, 4.69) is 10.1 Å². The number of benzene rings is 2. The van der Waals surface area contributed by atoms with Gasteiger partial charge in [0.1, 0.15) is 21.5 Å². The van der Waals surface area contributed by atoms with Gasteiger partial charge in [-0.25, -0.2) is 4.39 Å². The molecule has 1 aliphatic rings.